The normalized spacial score (nSPS) is 14.2. The first-order valence-electron chi connectivity index (χ1n) is 6.78. The van der Waals surface area contributed by atoms with E-state index < -0.39 is 0 Å². The molecular formula is C15H21NO2S. The predicted molar refractivity (Wildman–Crippen MR) is 79.7 cm³/mol. The number of amides is 1. The van der Waals surface area contributed by atoms with Crippen LogP contribution in [0.1, 0.15) is 18.4 Å². The van der Waals surface area contributed by atoms with E-state index >= 15 is 0 Å². The van der Waals surface area contributed by atoms with Gasteiger partial charge in [0, 0.05) is 12.3 Å². The van der Waals surface area contributed by atoms with Crippen LogP contribution in [0.3, 0.4) is 0 Å². The molecule has 0 atom stereocenters. The third-order valence-corrected chi connectivity index (χ3v) is 4.02. The third kappa shape index (κ3) is 5.55. The lowest BCUT2D eigenvalue weighted by Crippen LogP contribution is -2.27. The van der Waals surface area contributed by atoms with Gasteiger partial charge in [-0.2, -0.15) is 0 Å². The zero-order valence-electron chi connectivity index (χ0n) is 11.4. The van der Waals surface area contributed by atoms with E-state index in [0.29, 0.717) is 12.4 Å². The second kappa shape index (κ2) is 7.43. The summed E-state index contributed by atoms with van der Waals surface area (Å²) in [6, 6.07) is 7.98. The Morgan fingerprint density at radius 2 is 2.21 bits per heavy atom. The molecule has 1 fully saturated rings. The quantitative estimate of drug-likeness (QED) is 0.743. The molecule has 0 bridgehead atoms. The fourth-order valence-corrected chi connectivity index (χ4v) is 2.36. The van der Waals surface area contributed by atoms with E-state index in [9.17, 15) is 4.79 Å². The van der Waals surface area contributed by atoms with Crippen LogP contribution in [0.25, 0.3) is 0 Å². The van der Waals surface area contributed by atoms with E-state index in [1.54, 1.807) is 11.8 Å². The maximum absolute atomic E-state index is 11.5. The average molecular weight is 279 g/mol. The molecule has 0 spiro atoms. The molecule has 1 aromatic carbocycles. The van der Waals surface area contributed by atoms with Crippen molar-refractivity contribution in [1.82, 2.24) is 5.32 Å². The first kappa shape index (κ1) is 14.3. The van der Waals surface area contributed by atoms with Gasteiger partial charge in [-0.1, -0.05) is 18.2 Å². The molecular weight excluding hydrogens is 258 g/mol. The van der Waals surface area contributed by atoms with Crippen molar-refractivity contribution < 1.29 is 9.53 Å². The number of ether oxygens (including phenoxy) is 1. The zero-order chi connectivity index (χ0) is 13.5. The smallest absolute Gasteiger partial charge is 0.230 e. The molecule has 4 heteroatoms. The van der Waals surface area contributed by atoms with Gasteiger partial charge in [-0.3, -0.25) is 4.79 Å². The lowest BCUT2D eigenvalue weighted by molar-refractivity contribution is -0.118. The van der Waals surface area contributed by atoms with Crippen molar-refractivity contribution in [2.75, 3.05) is 24.7 Å². The number of hydrogen-bond acceptors (Lipinski definition) is 3. The van der Waals surface area contributed by atoms with E-state index in [2.05, 4.69) is 5.32 Å². The highest BCUT2D eigenvalue weighted by molar-refractivity contribution is 7.99. The highest BCUT2D eigenvalue weighted by Crippen LogP contribution is 2.27. The molecule has 0 aromatic heterocycles. The number of carbonyl (C=O) groups excluding carboxylic acids is 1. The summed E-state index contributed by atoms with van der Waals surface area (Å²) in [5.41, 5.74) is 1.15. The maximum Gasteiger partial charge on any atom is 0.230 e. The third-order valence-electron chi connectivity index (χ3n) is 3.10. The summed E-state index contributed by atoms with van der Waals surface area (Å²) in [5.74, 6) is 3.20. The van der Waals surface area contributed by atoms with Crippen molar-refractivity contribution in [1.29, 1.82) is 0 Å². The molecule has 1 N–H and O–H groups in total. The minimum atomic E-state index is 0.146. The summed E-state index contributed by atoms with van der Waals surface area (Å²) in [4.78, 5) is 11.5. The second-order valence-corrected chi connectivity index (χ2v) is 6.02. The van der Waals surface area contributed by atoms with Crippen molar-refractivity contribution in [2.45, 2.75) is 19.8 Å². The summed E-state index contributed by atoms with van der Waals surface area (Å²) in [6.07, 6.45) is 2.55. The van der Waals surface area contributed by atoms with E-state index in [4.69, 9.17) is 4.74 Å². The van der Waals surface area contributed by atoms with Gasteiger partial charge in [-0.25, -0.2) is 0 Å². The van der Waals surface area contributed by atoms with Crippen LogP contribution in [-0.2, 0) is 4.79 Å². The molecule has 104 valence electrons. The number of thioether (sulfide) groups is 1. The van der Waals surface area contributed by atoms with Crippen LogP contribution in [0.4, 0.5) is 0 Å². The molecule has 0 unspecified atom stereocenters. The number of para-hydroxylation sites is 1. The predicted octanol–water partition coefficient (Wildman–Crippen LogP) is 2.63. The Morgan fingerprint density at radius 3 is 2.95 bits per heavy atom. The Bertz CT molecular complexity index is 418. The topological polar surface area (TPSA) is 38.3 Å². The number of carbonyl (C=O) groups is 1. The number of rotatable bonds is 8. The Hall–Kier alpha value is -1.16. The molecule has 1 aromatic rings. The van der Waals surface area contributed by atoms with E-state index in [0.717, 1.165) is 29.5 Å². The van der Waals surface area contributed by atoms with Gasteiger partial charge in [0.2, 0.25) is 5.91 Å². The molecule has 0 radical (unpaired) electrons. The number of nitrogens with one attached hydrogen (secondary N) is 1. The van der Waals surface area contributed by atoms with E-state index in [1.165, 1.54) is 12.8 Å². The van der Waals surface area contributed by atoms with Gasteiger partial charge >= 0.3 is 0 Å². The van der Waals surface area contributed by atoms with Crippen LogP contribution >= 0.6 is 11.8 Å². The first-order valence-corrected chi connectivity index (χ1v) is 7.94. The molecule has 1 saturated carbocycles. The van der Waals surface area contributed by atoms with Crippen LogP contribution in [0.15, 0.2) is 24.3 Å². The summed E-state index contributed by atoms with van der Waals surface area (Å²) in [7, 11) is 0. The van der Waals surface area contributed by atoms with Crippen molar-refractivity contribution in [3.63, 3.8) is 0 Å². The number of hydrogen-bond donors (Lipinski definition) is 1. The molecule has 1 aliphatic carbocycles. The number of benzene rings is 1. The fourth-order valence-electron chi connectivity index (χ4n) is 1.72. The van der Waals surface area contributed by atoms with Crippen molar-refractivity contribution in [2.24, 2.45) is 5.92 Å². The summed E-state index contributed by atoms with van der Waals surface area (Å²) >= 11 is 1.62. The lowest BCUT2D eigenvalue weighted by atomic mass is 10.2. The first-order chi connectivity index (χ1) is 9.25. The van der Waals surface area contributed by atoms with Crippen molar-refractivity contribution in [3.05, 3.63) is 29.8 Å². The van der Waals surface area contributed by atoms with Crippen LogP contribution in [0, 0.1) is 12.8 Å². The van der Waals surface area contributed by atoms with Gasteiger partial charge < -0.3 is 10.1 Å². The second-order valence-electron chi connectivity index (χ2n) is 4.91. The van der Waals surface area contributed by atoms with Crippen LogP contribution in [0.2, 0.25) is 0 Å². The van der Waals surface area contributed by atoms with Gasteiger partial charge in [0.25, 0.3) is 0 Å². The molecule has 1 amide bonds. The molecule has 0 saturated heterocycles. The summed E-state index contributed by atoms with van der Waals surface area (Å²) in [5, 5.41) is 2.96. The van der Waals surface area contributed by atoms with Gasteiger partial charge in [0.05, 0.1) is 12.4 Å². The lowest BCUT2D eigenvalue weighted by Gasteiger charge is -2.08. The average Bonchev–Trinajstić information content (AvgIpc) is 3.22. The fraction of sp³-hybridized carbons (Fsp3) is 0.533. The Kier molecular flexibility index (Phi) is 5.58. The molecule has 0 aliphatic heterocycles. The van der Waals surface area contributed by atoms with Crippen LogP contribution in [-0.4, -0.2) is 30.6 Å². The van der Waals surface area contributed by atoms with E-state index in [1.807, 2.05) is 31.2 Å². The van der Waals surface area contributed by atoms with Crippen molar-refractivity contribution >= 4 is 17.7 Å². The van der Waals surface area contributed by atoms with Crippen molar-refractivity contribution in [3.8, 4) is 5.75 Å². The van der Waals surface area contributed by atoms with Gasteiger partial charge in [0.1, 0.15) is 5.75 Å². The van der Waals surface area contributed by atoms with Gasteiger partial charge in [-0.15, -0.1) is 11.8 Å². The Balaban J connectivity index is 1.51. The minimum Gasteiger partial charge on any atom is -0.492 e. The molecule has 1 aliphatic rings. The summed E-state index contributed by atoms with van der Waals surface area (Å²) < 4.78 is 5.67. The largest absolute Gasteiger partial charge is 0.492 e. The molecule has 3 nitrogen and oxygen atoms in total. The standard InChI is InChI=1S/C15H21NO2S/c1-12-4-2-3-5-14(12)18-8-9-19-11-15(17)16-10-13-6-7-13/h2-5,13H,6-11H2,1H3,(H,16,17). The highest BCUT2D eigenvalue weighted by atomic mass is 32.2. The minimum absolute atomic E-state index is 0.146. The monoisotopic (exact) mass is 279 g/mol. The van der Waals surface area contributed by atoms with Crippen LogP contribution in [0.5, 0.6) is 5.75 Å². The van der Waals surface area contributed by atoms with Crippen LogP contribution < -0.4 is 10.1 Å². The highest BCUT2D eigenvalue weighted by Gasteiger charge is 2.21. The Morgan fingerprint density at radius 1 is 1.42 bits per heavy atom. The van der Waals surface area contributed by atoms with Gasteiger partial charge in [0.15, 0.2) is 0 Å². The SMILES string of the molecule is Cc1ccccc1OCCSCC(=O)NCC1CC1. The zero-order valence-corrected chi connectivity index (χ0v) is 12.2. The van der Waals surface area contributed by atoms with E-state index in [-0.39, 0.29) is 5.91 Å². The molecule has 19 heavy (non-hydrogen) atoms. The maximum atomic E-state index is 11.5. The Labute approximate surface area is 119 Å². The number of aryl methyl sites for hydroxylation is 1. The molecule has 0 heterocycles. The van der Waals surface area contributed by atoms with Gasteiger partial charge in [-0.05, 0) is 37.3 Å². The summed E-state index contributed by atoms with van der Waals surface area (Å²) in [6.45, 7) is 3.54. The molecule has 2 rings (SSSR count).